The Morgan fingerprint density at radius 2 is 1.43 bits per heavy atom. The summed E-state index contributed by atoms with van der Waals surface area (Å²) >= 11 is 0. The van der Waals surface area contributed by atoms with Gasteiger partial charge in [0.25, 0.3) is 0 Å². The Morgan fingerprint density at radius 3 is 2.14 bits per heavy atom. The van der Waals surface area contributed by atoms with Gasteiger partial charge in [-0.05, 0) is 55.0 Å². The van der Waals surface area contributed by atoms with E-state index in [-0.39, 0.29) is 6.79 Å². The molecule has 0 bridgehead atoms. The number of hydrogen-bond acceptors (Lipinski definition) is 6. The topological polar surface area (TPSA) is 59.8 Å². The third-order valence-corrected chi connectivity index (χ3v) is 6.12. The highest BCUT2D eigenvalue weighted by Crippen LogP contribution is 2.34. The molecule has 0 saturated carbocycles. The molecule has 1 unspecified atom stereocenters. The van der Waals surface area contributed by atoms with Gasteiger partial charge in [-0.1, -0.05) is 6.07 Å². The van der Waals surface area contributed by atoms with Crippen LogP contribution in [0.1, 0.15) is 23.6 Å². The van der Waals surface area contributed by atoms with Gasteiger partial charge < -0.3 is 33.3 Å². The maximum Gasteiger partial charge on any atom is 0.231 e. The van der Waals surface area contributed by atoms with Crippen LogP contribution in [-0.2, 0) is 19.5 Å². The van der Waals surface area contributed by atoms with Gasteiger partial charge in [-0.15, -0.1) is 0 Å². The lowest BCUT2D eigenvalue weighted by molar-refractivity contribution is -0.927. The van der Waals surface area contributed by atoms with E-state index in [1.54, 1.807) is 21.3 Å². The van der Waals surface area contributed by atoms with E-state index in [9.17, 15) is 0 Å². The van der Waals surface area contributed by atoms with Crippen molar-refractivity contribution >= 4 is 0 Å². The molecule has 0 radical (unpaired) electrons. The Labute approximate surface area is 207 Å². The van der Waals surface area contributed by atoms with Crippen molar-refractivity contribution in [1.29, 1.82) is 0 Å². The molecule has 0 aliphatic carbocycles. The van der Waals surface area contributed by atoms with Crippen molar-refractivity contribution in [2.45, 2.75) is 26.4 Å². The Kier molecular flexibility index (Phi) is 8.21. The van der Waals surface area contributed by atoms with Crippen molar-refractivity contribution in [2.24, 2.45) is 0 Å². The van der Waals surface area contributed by atoms with E-state index in [1.807, 2.05) is 37.3 Å². The van der Waals surface area contributed by atoms with E-state index in [0.29, 0.717) is 18.1 Å². The molecule has 3 aromatic carbocycles. The Balaban J connectivity index is 1.55. The Bertz CT molecular complexity index is 1120. The molecule has 4 rings (SSSR count). The van der Waals surface area contributed by atoms with E-state index >= 15 is 0 Å². The van der Waals surface area contributed by atoms with Gasteiger partial charge in [0, 0.05) is 18.1 Å². The Morgan fingerprint density at radius 1 is 0.743 bits per heavy atom. The first-order valence-corrected chi connectivity index (χ1v) is 11.9. The number of rotatable bonds is 12. The highest BCUT2D eigenvalue weighted by Gasteiger charge is 2.19. The fourth-order valence-corrected chi connectivity index (χ4v) is 4.32. The quantitative estimate of drug-likeness (QED) is 0.427. The monoisotopic (exact) mass is 480 g/mol. The molecule has 0 fully saturated rings. The highest BCUT2D eigenvalue weighted by atomic mass is 16.7. The van der Waals surface area contributed by atoms with Crippen LogP contribution in [0.25, 0.3) is 0 Å². The zero-order valence-corrected chi connectivity index (χ0v) is 20.9. The Hall–Kier alpha value is -3.58. The van der Waals surface area contributed by atoms with Crippen molar-refractivity contribution in [3.05, 3.63) is 71.3 Å². The normalized spacial score (nSPS) is 12.8. The van der Waals surface area contributed by atoms with Gasteiger partial charge in [-0.25, -0.2) is 0 Å². The molecule has 1 heterocycles. The minimum atomic E-state index is 0.285. The first-order valence-electron chi connectivity index (χ1n) is 11.9. The lowest BCUT2D eigenvalue weighted by Gasteiger charge is -2.22. The molecule has 1 aliphatic heterocycles. The van der Waals surface area contributed by atoms with E-state index < -0.39 is 0 Å². The molecule has 0 saturated heterocycles. The first-order chi connectivity index (χ1) is 17.1. The summed E-state index contributed by atoms with van der Waals surface area (Å²) in [6, 6.07) is 18.4. The van der Waals surface area contributed by atoms with Crippen molar-refractivity contribution in [3.8, 4) is 34.5 Å². The second-order valence-corrected chi connectivity index (χ2v) is 8.39. The predicted molar refractivity (Wildman–Crippen MR) is 133 cm³/mol. The first kappa shape index (κ1) is 24.5. The van der Waals surface area contributed by atoms with E-state index in [1.165, 1.54) is 16.0 Å². The highest BCUT2D eigenvalue weighted by molar-refractivity contribution is 5.50. The molecule has 186 valence electrons. The molecule has 1 N–H and O–H groups in total. The summed E-state index contributed by atoms with van der Waals surface area (Å²) < 4.78 is 33.3. The molecule has 1 atom stereocenters. The molecule has 35 heavy (non-hydrogen) atoms. The number of benzene rings is 3. The number of hydrogen-bond donors (Lipinski definition) is 1. The fourth-order valence-electron chi connectivity index (χ4n) is 4.32. The zero-order valence-electron chi connectivity index (χ0n) is 20.9. The second-order valence-electron chi connectivity index (χ2n) is 8.39. The minimum absolute atomic E-state index is 0.285. The number of methoxy groups -OCH3 is 3. The predicted octanol–water partition coefficient (Wildman–Crippen LogP) is 3.67. The van der Waals surface area contributed by atoms with Crippen LogP contribution in [0, 0.1) is 0 Å². The van der Waals surface area contributed by atoms with Gasteiger partial charge in [0.05, 0.1) is 40.0 Å². The van der Waals surface area contributed by atoms with Crippen molar-refractivity contribution in [3.63, 3.8) is 0 Å². The molecular weight excluding hydrogens is 446 g/mol. The number of nitrogens with one attached hydrogen (secondary N) is 1. The molecule has 7 heteroatoms. The van der Waals surface area contributed by atoms with Crippen molar-refractivity contribution in [1.82, 2.24) is 0 Å². The minimum Gasteiger partial charge on any atom is -0.496 e. The number of ether oxygens (including phenoxy) is 6. The van der Waals surface area contributed by atoms with Crippen LogP contribution in [0.3, 0.4) is 0 Å². The third-order valence-electron chi connectivity index (χ3n) is 6.12. The molecule has 7 nitrogen and oxygen atoms in total. The van der Waals surface area contributed by atoms with Crippen LogP contribution < -0.4 is 33.3 Å². The van der Waals surface area contributed by atoms with Crippen LogP contribution in [-0.4, -0.2) is 41.3 Å². The van der Waals surface area contributed by atoms with Crippen LogP contribution >= 0.6 is 0 Å². The fraction of sp³-hybridized carbons (Fsp3) is 0.357. The molecule has 0 aromatic heterocycles. The third kappa shape index (κ3) is 6.11. The van der Waals surface area contributed by atoms with Gasteiger partial charge in [0.15, 0.2) is 23.0 Å². The smallest absolute Gasteiger partial charge is 0.231 e. The van der Waals surface area contributed by atoms with E-state index in [2.05, 4.69) is 24.3 Å². The van der Waals surface area contributed by atoms with Crippen LogP contribution in [0.4, 0.5) is 0 Å². The summed E-state index contributed by atoms with van der Waals surface area (Å²) in [7, 11) is 4.97. The molecule has 1 aliphatic rings. The maximum atomic E-state index is 5.70. The van der Waals surface area contributed by atoms with Gasteiger partial charge in [-0.2, -0.15) is 0 Å². The van der Waals surface area contributed by atoms with Crippen LogP contribution in [0.5, 0.6) is 34.5 Å². The summed E-state index contributed by atoms with van der Waals surface area (Å²) in [6.45, 7) is 5.48. The van der Waals surface area contributed by atoms with Gasteiger partial charge in [-0.3, -0.25) is 0 Å². The lowest BCUT2D eigenvalue weighted by atomic mass is 10.1. The van der Waals surface area contributed by atoms with Gasteiger partial charge in [0.2, 0.25) is 6.79 Å². The van der Waals surface area contributed by atoms with Crippen LogP contribution in [0.15, 0.2) is 54.6 Å². The van der Waals surface area contributed by atoms with Crippen molar-refractivity contribution in [2.75, 3.05) is 41.3 Å². The van der Waals surface area contributed by atoms with Crippen molar-refractivity contribution < 1.29 is 33.3 Å². The average molecular weight is 481 g/mol. The summed E-state index contributed by atoms with van der Waals surface area (Å²) in [6.07, 6.45) is 0.901. The summed E-state index contributed by atoms with van der Waals surface area (Å²) in [5.41, 5.74) is 3.53. The lowest BCUT2D eigenvalue weighted by Crippen LogP contribution is -3.09. The standard InChI is InChI=1S/C28H33NO6/c1-5-33-23-9-6-21(7-10-23)17-29(13-12-20-8-11-24-28(14-20)35-19-34-24)18-22-15-26(31-3)27(32-4)16-25(22)30-2/h6-11,14-16H,5,12-13,17-19H2,1-4H3/p+1. The zero-order chi connectivity index (χ0) is 24.6. The maximum absolute atomic E-state index is 5.70. The summed E-state index contributed by atoms with van der Waals surface area (Å²) in [5.74, 6) is 4.65. The average Bonchev–Trinajstić information content (AvgIpc) is 3.36. The molecule has 0 spiro atoms. The van der Waals surface area contributed by atoms with Gasteiger partial charge in [0.1, 0.15) is 24.6 Å². The van der Waals surface area contributed by atoms with Gasteiger partial charge >= 0.3 is 0 Å². The molecule has 3 aromatic rings. The van der Waals surface area contributed by atoms with Crippen LogP contribution in [0.2, 0.25) is 0 Å². The second kappa shape index (κ2) is 11.7. The van der Waals surface area contributed by atoms with E-state index in [0.717, 1.165) is 54.6 Å². The number of quaternary nitrogens is 1. The molecular formula is C28H34NO6+. The summed E-state index contributed by atoms with van der Waals surface area (Å²) in [5, 5.41) is 0. The largest absolute Gasteiger partial charge is 0.496 e. The van der Waals surface area contributed by atoms with E-state index in [4.69, 9.17) is 28.4 Å². The SMILES string of the molecule is CCOc1ccc(C[NH+](CCc2ccc3c(c2)OCO3)Cc2cc(OC)c(OC)cc2OC)cc1. The summed E-state index contributed by atoms with van der Waals surface area (Å²) in [4.78, 5) is 1.39. The molecule has 0 amide bonds. The number of fused-ring (bicyclic) bond motifs is 1.